The fourth-order valence-corrected chi connectivity index (χ4v) is 11.2. The number of hydrogen-bond acceptors (Lipinski definition) is 14. The minimum atomic E-state index is -1.91. The van der Waals surface area contributed by atoms with E-state index in [-0.39, 0.29) is 59.6 Å². The van der Waals surface area contributed by atoms with E-state index in [1.165, 1.54) is 47.5 Å². The molecule has 68 heavy (non-hydrogen) atoms. The van der Waals surface area contributed by atoms with Crippen molar-refractivity contribution in [1.29, 1.82) is 0 Å². The molecule has 0 spiro atoms. The zero-order chi connectivity index (χ0) is 49.8. The van der Waals surface area contributed by atoms with Crippen molar-refractivity contribution in [2.24, 2.45) is 23.7 Å². The second-order valence-corrected chi connectivity index (χ2v) is 20.8. The molecule has 6 amide bonds. The Morgan fingerprint density at radius 3 is 2.47 bits per heavy atom. The van der Waals surface area contributed by atoms with E-state index in [4.69, 9.17) is 25.8 Å². The van der Waals surface area contributed by atoms with E-state index in [1.54, 1.807) is 51.3 Å². The minimum absolute atomic E-state index is 0.00841. The van der Waals surface area contributed by atoms with Gasteiger partial charge in [-0.3, -0.25) is 34.2 Å². The number of alkyl carbamates (subject to hydrolysis) is 1. The predicted molar refractivity (Wildman–Crippen MR) is 252 cm³/mol. The van der Waals surface area contributed by atoms with Gasteiger partial charge in [-0.15, -0.1) is 11.8 Å². The van der Waals surface area contributed by atoms with Crippen LogP contribution in [0.5, 0.6) is 0 Å². The van der Waals surface area contributed by atoms with E-state index in [9.17, 15) is 48.9 Å². The molecule has 6 rings (SSSR count). The molecule has 374 valence electrons. The van der Waals surface area contributed by atoms with Crippen molar-refractivity contribution < 1.29 is 63.1 Å². The molecule has 0 radical (unpaired) electrons. The van der Waals surface area contributed by atoms with E-state index >= 15 is 0 Å². The van der Waals surface area contributed by atoms with E-state index in [2.05, 4.69) is 10.6 Å². The van der Waals surface area contributed by atoms with E-state index < -0.39 is 96.3 Å². The second-order valence-electron chi connectivity index (χ2n) is 19.1. The van der Waals surface area contributed by atoms with Crippen LogP contribution < -0.4 is 15.5 Å². The smallest absolute Gasteiger partial charge is 0.409 e. The summed E-state index contributed by atoms with van der Waals surface area (Å²) < 4.78 is 18.1. The van der Waals surface area contributed by atoms with Crippen LogP contribution in [-0.2, 0) is 56.0 Å². The van der Waals surface area contributed by atoms with E-state index in [0.717, 1.165) is 24.0 Å². The molecule has 20 heteroatoms. The van der Waals surface area contributed by atoms with Gasteiger partial charge in [-0.2, -0.15) is 0 Å². The third-order valence-electron chi connectivity index (χ3n) is 14.5. The first-order valence-corrected chi connectivity index (χ1v) is 24.7. The summed E-state index contributed by atoms with van der Waals surface area (Å²) in [7, 11) is 4.58. The summed E-state index contributed by atoms with van der Waals surface area (Å²) in [6, 6.07) is 2.31. The van der Waals surface area contributed by atoms with Crippen LogP contribution in [0.1, 0.15) is 90.2 Å². The molecule has 1 saturated carbocycles. The number of nitrogens with one attached hydrogen (secondary N) is 2. The average Bonchev–Trinajstić information content (AvgIpc) is 3.94. The molecule has 3 saturated heterocycles. The summed E-state index contributed by atoms with van der Waals surface area (Å²) in [4.78, 5) is 97.0. The van der Waals surface area contributed by atoms with Crippen LogP contribution in [0.3, 0.4) is 0 Å². The number of likely N-dealkylation sites (tertiary alicyclic amines) is 1. The van der Waals surface area contributed by atoms with E-state index in [1.807, 2.05) is 6.92 Å². The van der Waals surface area contributed by atoms with E-state index in [0.29, 0.717) is 37.1 Å². The van der Waals surface area contributed by atoms with Gasteiger partial charge in [0.1, 0.15) is 23.9 Å². The monoisotopic (exact) mass is 987 g/mol. The maximum atomic E-state index is 14.3. The molecule has 1 aromatic rings. The van der Waals surface area contributed by atoms with Crippen LogP contribution in [0.2, 0.25) is 5.02 Å². The largest absolute Gasteiger partial charge is 0.457 e. The molecular weight excluding hydrogens is 922 g/mol. The highest BCUT2D eigenvalue weighted by molar-refractivity contribution is 8.00. The highest BCUT2D eigenvalue weighted by Gasteiger charge is 2.64. The maximum absolute atomic E-state index is 14.3. The van der Waals surface area contributed by atoms with Gasteiger partial charge in [-0.1, -0.05) is 48.4 Å². The van der Waals surface area contributed by atoms with Crippen LogP contribution in [0.25, 0.3) is 0 Å². The third-order valence-corrected chi connectivity index (χ3v) is 16.1. The first-order chi connectivity index (χ1) is 32.1. The number of anilines is 1. The van der Waals surface area contributed by atoms with Crippen molar-refractivity contribution in [1.82, 2.24) is 20.4 Å². The summed E-state index contributed by atoms with van der Waals surface area (Å²) in [6.07, 6.45) is 3.89. The standard InChI is InChI=1S/C48H66ClN5O13S/c1-26-9-8-10-33(25-56)48(64)22-35(65-46(63)51-48)27(2)42-47(4,67-42)37(21-39(58)53(7)34-19-30(17-26)18-32(24-55)41(34)49)66-45(62)28(3)52(6)38(57)15-16-68-36-20-40(59)54(44(36)61)23-29-11-13-31(14-12-29)43(60)50-5/h8-10,18-19,27-29,31,33,35-37,42,55-56,64H,11-17,20-25H2,1-7H3,(H,50,60)(H,51,63)/b10-8+,26-9+/t27-,28+,29?,31?,33+,35+,36?,37+,42+,47+,48+/m1/s1. The number of allylic oxidation sites excluding steroid dienone is 3. The molecule has 4 heterocycles. The number of rotatable bonds is 12. The maximum Gasteiger partial charge on any atom is 0.409 e. The molecule has 4 aliphatic heterocycles. The van der Waals surface area contributed by atoms with Crippen LogP contribution >= 0.6 is 23.4 Å². The molecule has 5 aliphatic rings. The quantitative estimate of drug-likeness (QED) is 0.115. The lowest BCUT2D eigenvalue weighted by molar-refractivity contribution is -0.162. The number of carbonyl (C=O) groups is 7. The molecule has 1 aromatic carbocycles. The number of halogens is 1. The number of nitrogens with zero attached hydrogens (tertiary/aromatic N) is 3. The Hall–Kier alpha value is -4.53. The highest BCUT2D eigenvalue weighted by Crippen LogP contribution is 2.49. The normalized spacial score (nSPS) is 32.8. The van der Waals surface area contributed by atoms with Gasteiger partial charge in [-0.05, 0) is 76.0 Å². The van der Waals surface area contributed by atoms with Gasteiger partial charge < -0.3 is 44.6 Å². The first-order valence-electron chi connectivity index (χ1n) is 23.3. The van der Waals surface area contributed by atoms with Crippen molar-refractivity contribution in [3.05, 3.63) is 52.1 Å². The molecule has 5 N–H and O–H groups in total. The van der Waals surface area contributed by atoms with Crippen LogP contribution in [0.4, 0.5) is 10.5 Å². The number of amides is 6. The Morgan fingerprint density at radius 2 is 1.81 bits per heavy atom. The number of aliphatic hydroxyl groups is 3. The van der Waals surface area contributed by atoms with Gasteiger partial charge in [0.15, 0.2) is 5.72 Å². The lowest BCUT2D eigenvalue weighted by Crippen LogP contribution is -2.62. The summed E-state index contributed by atoms with van der Waals surface area (Å²) in [5.41, 5.74) is -0.980. The molecule has 9 atom stereocenters. The van der Waals surface area contributed by atoms with Gasteiger partial charge in [-0.25, -0.2) is 9.59 Å². The SMILES string of the molecule is CNC(=O)C1CCC(CN2C(=O)CC(SCCC(=O)N(C)[C@@H](C)C(=O)O[C@H]3CC(=O)N(C)c4cc(cc(CO)c4Cl)C/C(C)=C/C=C/[C@@H](CO)[C@@]4(O)C[C@H](OC(=O)N4)[C@@H](C)[C@@H]4O[C@@]34C)C2=O)CC1. The predicted octanol–water partition coefficient (Wildman–Crippen LogP) is 3.39. The van der Waals surface area contributed by atoms with Gasteiger partial charge in [0, 0.05) is 70.5 Å². The Labute approximate surface area is 406 Å². The Morgan fingerprint density at radius 1 is 1.10 bits per heavy atom. The van der Waals surface area contributed by atoms with Gasteiger partial charge in [0.05, 0.1) is 41.7 Å². The lowest BCUT2D eigenvalue weighted by atomic mass is 9.81. The summed E-state index contributed by atoms with van der Waals surface area (Å²) in [5.74, 6) is -3.61. The molecule has 4 bridgehead atoms. The molecular formula is C48H66ClN5O13S. The zero-order valence-electron chi connectivity index (χ0n) is 39.8. The number of epoxide rings is 1. The average molecular weight is 989 g/mol. The topological polar surface area (TPSA) is 245 Å². The Bertz CT molecular complexity index is 2180. The zero-order valence-corrected chi connectivity index (χ0v) is 41.4. The minimum Gasteiger partial charge on any atom is -0.457 e. The second kappa shape index (κ2) is 22.0. The molecule has 1 aliphatic carbocycles. The lowest BCUT2D eigenvalue weighted by Gasteiger charge is -2.42. The Kier molecular flexibility index (Phi) is 17.1. The number of hydrogen-bond donors (Lipinski definition) is 5. The van der Waals surface area contributed by atoms with Gasteiger partial charge in [0.2, 0.25) is 29.5 Å². The number of likely N-dealkylation sites (N-methyl/N-ethyl adjacent to an activating group) is 1. The van der Waals surface area contributed by atoms with Gasteiger partial charge in [0.25, 0.3) is 0 Å². The van der Waals surface area contributed by atoms with Crippen molar-refractivity contribution in [3.8, 4) is 0 Å². The van der Waals surface area contributed by atoms with Crippen LogP contribution in [0.15, 0.2) is 35.9 Å². The third kappa shape index (κ3) is 11.7. The number of thioether (sulfide) groups is 1. The fourth-order valence-electron chi connectivity index (χ4n) is 9.82. The first kappa shape index (κ1) is 52.8. The Balaban J connectivity index is 1.15. The van der Waals surface area contributed by atoms with Gasteiger partial charge >= 0.3 is 12.1 Å². The number of fused-ring (bicyclic) bond motifs is 5. The summed E-state index contributed by atoms with van der Waals surface area (Å²) in [5, 5.41) is 37.1. The van der Waals surface area contributed by atoms with Crippen LogP contribution in [-0.4, -0.2) is 148 Å². The summed E-state index contributed by atoms with van der Waals surface area (Å²) in [6.45, 7) is 6.14. The molecule has 4 fully saturated rings. The van der Waals surface area contributed by atoms with Crippen molar-refractivity contribution in [2.45, 2.75) is 133 Å². The number of benzene rings is 1. The fraction of sp³-hybridized carbons (Fsp3) is 0.646. The number of aliphatic hydroxyl groups excluding tert-OH is 2. The number of imide groups is 1. The summed E-state index contributed by atoms with van der Waals surface area (Å²) >= 11 is 7.98. The number of ether oxygens (including phenoxy) is 3. The molecule has 18 nitrogen and oxygen atoms in total. The van der Waals surface area contributed by atoms with Crippen molar-refractivity contribution in [3.63, 3.8) is 0 Å². The number of esters is 1. The number of carbonyl (C=O) groups excluding carboxylic acids is 7. The highest BCUT2D eigenvalue weighted by atomic mass is 35.5. The van der Waals surface area contributed by atoms with Crippen molar-refractivity contribution >= 4 is 70.6 Å². The van der Waals surface area contributed by atoms with Crippen molar-refractivity contribution in [2.75, 3.05) is 44.9 Å². The van der Waals surface area contributed by atoms with Crippen LogP contribution in [0, 0.1) is 23.7 Å². The molecule has 1 unspecified atom stereocenters. The molecule has 0 aromatic heterocycles.